The molecule has 0 bridgehead atoms. The molecule has 0 amide bonds. The van der Waals surface area contributed by atoms with Gasteiger partial charge in [0, 0.05) is 6.54 Å². The second-order valence-electron chi connectivity index (χ2n) is 6.29. The fourth-order valence-corrected chi connectivity index (χ4v) is 2.47. The quantitative estimate of drug-likeness (QED) is 0.900. The highest BCUT2D eigenvalue weighted by atomic mass is 16.5. The van der Waals surface area contributed by atoms with Gasteiger partial charge in [0.1, 0.15) is 0 Å². The topological polar surface area (TPSA) is 41.9 Å². The van der Waals surface area contributed by atoms with Crippen molar-refractivity contribution in [3.05, 3.63) is 35.9 Å². The lowest BCUT2D eigenvalue weighted by Crippen LogP contribution is -2.41. The second kappa shape index (κ2) is 6.68. The van der Waals surface area contributed by atoms with Gasteiger partial charge in [-0.05, 0) is 32.8 Å². The lowest BCUT2D eigenvalue weighted by Gasteiger charge is -2.29. The minimum Gasteiger partial charge on any atom is -0.375 e. The third kappa shape index (κ3) is 4.56. The summed E-state index contributed by atoms with van der Waals surface area (Å²) >= 11 is 0. The molecule has 2 atom stereocenters. The van der Waals surface area contributed by atoms with E-state index in [9.17, 15) is 5.21 Å². The molecular weight excluding hydrogens is 254 g/mol. The Balaban J connectivity index is 1.83. The maximum Gasteiger partial charge on any atom is 0.0846 e. The van der Waals surface area contributed by atoms with Crippen LogP contribution in [0.15, 0.2) is 30.3 Å². The Morgan fingerprint density at radius 2 is 1.95 bits per heavy atom. The smallest absolute Gasteiger partial charge is 0.0846 e. The summed E-state index contributed by atoms with van der Waals surface area (Å²) in [4.78, 5) is 0. The summed E-state index contributed by atoms with van der Waals surface area (Å²) in [6, 6.07) is 9.97. The van der Waals surface area contributed by atoms with E-state index in [0.29, 0.717) is 19.8 Å². The SMILES string of the molecule is CC(C)(C)O[C@H]1CCN(O)[C@@H]1COCc1ccccc1. The van der Waals surface area contributed by atoms with E-state index in [4.69, 9.17) is 9.47 Å². The van der Waals surface area contributed by atoms with Crippen molar-refractivity contribution < 1.29 is 14.7 Å². The van der Waals surface area contributed by atoms with Gasteiger partial charge in [0.2, 0.25) is 0 Å². The number of rotatable bonds is 5. The average Bonchev–Trinajstić information content (AvgIpc) is 2.71. The Morgan fingerprint density at radius 1 is 1.25 bits per heavy atom. The highest BCUT2D eigenvalue weighted by molar-refractivity contribution is 5.13. The second-order valence-corrected chi connectivity index (χ2v) is 6.29. The molecule has 1 aromatic rings. The summed E-state index contributed by atoms with van der Waals surface area (Å²) in [6.45, 7) is 7.79. The van der Waals surface area contributed by atoms with E-state index >= 15 is 0 Å². The molecule has 20 heavy (non-hydrogen) atoms. The lowest BCUT2D eigenvalue weighted by molar-refractivity contribution is -0.158. The van der Waals surface area contributed by atoms with Crippen molar-refractivity contribution in [3.63, 3.8) is 0 Å². The first-order valence-corrected chi connectivity index (χ1v) is 7.21. The van der Waals surface area contributed by atoms with Crippen molar-refractivity contribution in [2.45, 2.75) is 51.5 Å². The van der Waals surface area contributed by atoms with E-state index in [0.717, 1.165) is 12.0 Å². The van der Waals surface area contributed by atoms with Crippen LogP contribution in [0.3, 0.4) is 0 Å². The third-order valence-electron chi connectivity index (χ3n) is 3.36. The first kappa shape index (κ1) is 15.4. The number of nitrogens with zero attached hydrogens (tertiary/aromatic N) is 1. The molecule has 4 nitrogen and oxygen atoms in total. The van der Waals surface area contributed by atoms with Gasteiger partial charge in [0.25, 0.3) is 0 Å². The van der Waals surface area contributed by atoms with E-state index in [1.807, 2.05) is 51.1 Å². The maximum absolute atomic E-state index is 9.93. The predicted octanol–water partition coefficient (Wildman–Crippen LogP) is 2.85. The van der Waals surface area contributed by atoms with Crippen LogP contribution >= 0.6 is 0 Å². The van der Waals surface area contributed by atoms with Gasteiger partial charge in [0.05, 0.1) is 31.0 Å². The molecule has 4 heteroatoms. The lowest BCUT2D eigenvalue weighted by atomic mass is 10.1. The Bertz CT molecular complexity index is 402. The van der Waals surface area contributed by atoms with Crippen molar-refractivity contribution >= 4 is 0 Å². The minimum atomic E-state index is -0.201. The maximum atomic E-state index is 9.93. The first-order chi connectivity index (χ1) is 9.46. The molecule has 1 aromatic carbocycles. The number of benzene rings is 1. The Kier molecular flexibility index (Phi) is 5.16. The van der Waals surface area contributed by atoms with Crippen LogP contribution in [0, 0.1) is 0 Å². The molecule has 2 rings (SSSR count). The molecule has 1 N–H and O–H groups in total. The molecular formula is C16H25NO3. The van der Waals surface area contributed by atoms with Crippen LogP contribution in [0.1, 0.15) is 32.8 Å². The van der Waals surface area contributed by atoms with Gasteiger partial charge in [0.15, 0.2) is 0 Å². The summed E-state index contributed by atoms with van der Waals surface area (Å²) in [5, 5.41) is 11.3. The zero-order chi connectivity index (χ0) is 14.6. The van der Waals surface area contributed by atoms with Crippen LogP contribution in [0.25, 0.3) is 0 Å². The van der Waals surface area contributed by atoms with Crippen LogP contribution in [0.5, 0.6) is 0 Å². The molecule has 112 valence electrons. The predicted molar refractivity (Wildman–Crippen MR) is 77.6 cm³/mol. The van der Waals surface area contributed by atoms with Gasteiger partial charge in [-0.25, -0.2) is 0 Å². The molecule has 1 heterocycles. The van der Waals surface area contributed by atoms with Gasteiger partial charge in [-0.2, -0.15) is 5.06 Å². The Labute approximate surface area is 121 Å². The average molecular weight is 279 g/mol. The normalized spacial score (nSPS) is 24.2. The van der Waals surface area contributed by atoms with Crippen molar-refractivity contribution in [1.29, 1.82) is 0 Å². The van der Waals surface area contributed by atoms with Crippen molar-refractivity contribution in [3.8, 4) is 0 Å². The van der Waals surface area contributed by atoms with Gasteiger partial charge in [-0.1, -0.05) is 30.3 Å². The fourth-order valence-electron chi connectivity index (χ4n) is 2.47. The summed E-state index contributed by atoms with van der Waals surface area (Å²) < 4.78 is 11.7. The van der Waals surface area contributed by atoms with Gasteiger partial charge in [-0.3, -0.25) is 0 Å². The third-order valence-corrected chi connectivity index (χ3v) is 3.36. The van der Waals surface area contributed by atoms with E-state index in [1.165, 1.54) is 5.06 Å². The summed E-state index contributed by atoms with van der Waals surface area (Å²) in [6.07, 6.45) is 0.864. The molecule has 0 aliphatic carbocycles. The van der Waals surface area contributed by atoms with Crippen molar-refractivity contribution in [2.24, 2.45) is 0 Å². The standard InChI is InChI=1S/C16H25NO3/c1-16(2,3)20-15-9-10-17(18)14(15)12-19-11-13-7-5-4-6-8-13/h4-8,14-15,18H,9-12H2,1-3H3/t14-,15+/m1/s1. The van der Waals surface area contributed by atoms with Gasteiger partial charge < -0.3 is 14.7 Å². The number of hydroxylamine groups is 2. The first-order valence-electron chi connectivity index (χ1n) is 7.21. The van der Waals surface area contributed by atoms with E-state index in [-0.39, 0.29) is 17.7 Å². The molecule has 1 aliphatic heterocycles. The molecule has 1 saturated heterocycles. The zero-order valence-electron chi connectivity index (χ0n) is 12.6. The van der Waals surface area contributed by atoms with Gasteiger partial charge in [-0.15, -0.1) is 0 Å². The molecule has 1 aliphatic rings. The van der Waals surface area contributed by atoms with Crippen molar-refractivity contribution in [1.82, 2.24) is 5.06 Å². The van der Waals surface area contributed by atoms with E-state index in [2.05, 4.69) is 0 Å². The molecule has 0 radical (unpaired) electrons. The van der Waals surface area contributed by atoms with E-state index in [1.54, 1.807) is 0 Å². The number of ether oxygens (including phenoxy) is 2. The van der Waals surface area contributed by atoms with Crippen LogP contribution in [-0.4, -0.2) is 41.2 Å². The summed E-state index contributed by atoms with van der Waals surface area (Å²) in [5.41, 5.74) is 0.941. The summed E-state index contributed by atoms with van der Waals surface area (Å²) in [7, 11) is 0. The van der Waals surface area contributed by atoms with E-state index < -0.39 is 0 Å². The highest BCUT2D eigenvalue weighted by Gasteiger charge is 2.36. The number of hydrogen-bond acceptors (Lipinski definition) is 4. The Hall–Kier alpha value is -0.940. The van der Waals surface area contributed by atoms with Crippen LogP contribution < -0.4 is 0 Å². The van der Waals surface area contributed by atoms with Gasteiger partial charge >= 0.3 is 0 Å². The van der Waals surface area contributed by atoms with Crippen LogP contribution in [0.2, 0.25) is 0 Å². The Morgan fingerprint density at radius 3 is 2.60 bits per heavy atom. The number of hydrogen-bond donors (Lipinski definition) is 1. The molecule has 0 unspecified atom stereocenters. The molecule has 1 fully saturated rings. The molecule has 0 spiro atoms. The van der Waals surface area contributed by atoms with Crippen LogP contribution in [0.4, 0.5) is 0 Å². The summed E-state index contributed by atoms with van der Waals surface area (Å²) in [5.74, 6) is 0. The van der Waals surface area contributed by atoms with Crippen LogP contribution in [-0.2, 0) is 16.1 Å². The largest absolute Gasteiger partial charge is 0.375 e. The highest BCUT2D eigenvalue weighted by Crippen LogP contribution is 2.24. The zero-order valence-corrected chi connectivity index (χ0v) is 12.6. The van der Waals surface area contributed by atoms with Crippen molar-refractivity contribution in [2.75, 3.05) is 13.2 Å². The molecule has 0 saturated carbocycles. The monoisotopic (exact) mass is 279 g/mol. The minimum absolute atomic E-state index is 0.0239. The fraction of sp³-hybridized carbons (Fsp3) is 0.625. The molecule has 0 aromatic heterocycles.